The van der Waals surface area contributed by atoms with Gasteiger partial charge in [0.25, 0.3) is 17.7 Å². The van der Waals surface area contributed by atoms with Gasteiger partial charge in [0.05, 0.1) is 25.2 Å². The quantitative estimate of drug-likeness (QED) is 0.294. The Morgan fingerprint density at radius 2 is 2.37 bits per heavy atom. The summed E-state index contributed by atoms with van der Waals surface area (Å²) in [6.45, 7) is 0.268. The van der Waals surface area contributed by atoms with Gasteiger partial charge in [-0.05, 0) is 0 Å². The van der Waals surface area contributed by atoms with Crippen LogP contribution in [0.4, 0.5) is 0 Å². The summed E-state index contributed by atoms with van der Waals surface area (Å²) < 4.78 is 5.00. The van der Waals surface area contributed by atoms with Gasteiger partial charge in [0, 0.05) is 17.2 Å². The van der Waals surface area contributed by atoms with Gasteiger partial charge < -0.3 is 15.3 Å². The highest BCUT2D eigenvalue weighted by molar-refractivity contribution is 8.14. The lowest BCUT2D eigenvalue weighted by atomic mass is 10.3. The largest absolute Gasteiger partial charge is 0.499 e. The van der Waals surface area contributed by atoms with Crippen molar-refractivity contribution in [3.63, 3.8) is 0 Å². The standard InChI is InChI=1S/C15H15N5O5S2/c1-25-8-2-13(21)20(5-8)15(23)10-7-27-11(19-10)3-16-14(22)9-6-26-12(18-9)4-17-24/h2,4,6,10,24H,3,5,7H2,1H3,(H,16,22)/b17-4+. The first kappa shape index (κ1) is 19.0. The molecule has 3 amide bonds. The molecule has 0 bridgehead atoms. The first-order chi connectivity index (χ1) is 13.0. The maximum absolute atomic E-state index is 12.5. The van der Waals surface area contributed by atoms with E-state index in [1.54, 1.807) is 5.38 Å². The zero-order valence-electron chi connectivity index (χ0n) is 14.1. The third-order valence-corrected chi connectivity index (χ3v) is 5.55. The minimum atomic E-state index is -0.665. The number of aliphatic imine (C=N–C) groups is 1. The Kier molecular flexibility index (Phi) is 5.86. The van der Waals surface area contributed by atoms with E-state index in [0.717, 1.165) is 11.1 Å². The van der Waals surface area contributed by atoms with E-state index in [9.17, 15) is 14.4 Å². The molecule has 2 N–H and O–H groups in total. The third kappa shape index (κ3) is 4.34. The Balaban J connectivity index is 1.54. The lowest BCUT2D eigenvalue weighted by Crippen LogP contribution is -2.40. The molecular formula is C15H15N5O5S2. The predicted octanol–water partition coefficient (Wildman–Crippen LogP) is 0.0940. The zero-order valence-corrected chi connectivity index (χ0v) is 15.7. The van der Waals surface area contributed by atoms with Gasteiger partial charge >= 0.3 is 0 Å². The molecule has 142 valence electrons. The first-order valence-corrected chi connectivity index (χ1v) is 9.59. The number of ether oxygens (including phenoxy) is 1. The van der Waals surface area contributed by atoms with E-state index in [2.05, 4.69) is 20.4 Å². The average molecular weight is 409 g/mol. The molecule has 0 aliphatic carbocycles. The summed E-state index contributed by atoms with van der Waals surface area (Å²) >= 11 is 2.52. The van der Waals surface area contributed by atoms with Crippen LogP contribution in [0.5, 0.6) is 0 Å². The van der Waals surface area contributed by atoms with Crippen molar-refractivity contribution in [1.29, 1.82) is 0 Å². The highest BCUT2D eigenvalue weighted by Gasteiger charge is 2.35. The molecule has 2 aliphatic rings. The lowest BCUT2D eigenvalue weighted by Gasteiger charge is -2.16. The first-order valence-electron chi connectivity index (χ1n) is 7.72. The van der Waals surface area contributed by atoms with Gasteiger partial charge in [0.2, 0.25) is 0 Å². The minimum absolute atomic E-state index is 0.111. The van der Waals surface area contributed by atoms with Crippen molar-refractivity contribution in [2.45, 2.75) is 6.04 Å². The maximum Gasteiger partial charge on any atom is 0.271 e. The number of nitrogens with zero attached hydrogens (tertiary/aromatic N) is 4. The molecule has 10 nitrogen and oxygen atoms in total. The minimum Gasteiger partial charge on any atom is -0.499 e. The van der Waals surface area contributed by atoms with Crippen molar-refractivity contribution in [3.8, 4) is 0 Å². The van der Waals surface area contributed by atoms with Crippen LogP contribution < -0.4 is 5.32 Å². The molecule has 1 unspecified atom stereocenters. The van der Waals surface area contributed by atoms with Crippen LogP contribution in [0.2, 0.25) is 0 Å². The summed E-state index contributed by atoms with van der Waals surface area (Å²) in [5.74, 6) is -0.353. The number of thiazole rings is 1. The van der Waals surface area contributed by atoms with Crippen molar-refractivity contribution in [2.75, 3.05) is 26.0 Å². The number of carbonyl (C=O) groups is 3. The molecule has 0 spiro atoms. The van der Waals surface area contributed by atoms with E-state index in [1.807, 2.05) is 0 Å². The number of rotatable bonds is 6. The van der Waals surface area contributed by atoms with Gasteiger partial charge in [-0.15, -0.1) is 23.1 Å². The van der Waals surface area contributed by atoms with E-state index in [0.29, 0.717) is 21.6 Å². The Morgan fingerprint density at radius 1 is 1.56 bits per heavy atom. The number of thioether (sulfide) groups is 1. The van der Waals surface area contributed by atoms with Crippen molar-refractivity contribution in [2.24, 2.45) is 10.1 Å². The van der Waals surface area contributed by atoms with E-state index >= 15 is 0 Å². The van der Waals surface area contributed by atoms with Gasteiger partial charge in [-0.25, -0.2) is 4.98 Å². The molecule has 0 aromatic carbocycles. The van der Waals surface area contributed by atoms with E-state index < -0.39 is 17.9 Å². The van der Waals surface area contributed by atoms with E-state index in [-0.39, 0.29) is 24.7 Å². The second-order valence-electron chi connectivity index (χ2n) is 5.43. The molecule has 0 saturated heterocycles. The number of oxime groups is 1. The zero-order chi connectivity index (χ0) is 19.4. The van der Waals surface area contributed by atoms with Gasteiger partial charge in [0.15, 0.2) is 0 Å². The molecular weight excluding hydrogens is 394 g/mol. The number of methoxy groups -OCH3 is 1. The van der Waals surface area contributed by atoms with Gasteiger partial charge in [-0.3, -0.25) is 24.3 Å². The highest BCUT2D eigenvalue weighted by Crippen LogP contribution is 2.22. The molecule has 1 aromatic rings. The van der Waals surface area contributed by atoms with Crippen LogP contribution in [-0.4, -0.2) is 76.1 Å². The fraction of sp³-hybridized carbons (Fsp3) is 0.333. The number of amides is 3. The number of imide groups is 1. The molecule has 3 heterocycles. The molecule has 0 radical (unpaired) electrons. The predicted molar refractivity (Wildman–Crippen MR) is 99.3 cm³/mol. The van der Waals surface area contributed by atoms with Crippen LogP contribution in [0.25, 0.3) is 0 Å². The Morgan fingerprint density at radius 3 is 3.07 bits per heavy atom. The van der Waals surface area contributed by atoms with Crippen LogP contribution in [0.3, 0.4) is 0 Å². The summed E-state index contributed by atoms with van der Waals surface area (Å²) in [5.41, 5.74) is 0.201. The molecule has 0 fully saturated rings. The topological polar surface area (TPSA) is 134 Å². The molecule has 12 heteroatoms. The number of aromatic nitrogens is 1. The highest BCUT2D eigenvalue weighted by atomic mass is 32.2. The van der Waals surface area contributed by atoms with Crippen LogP contribution >= 0.6 is 23.1 Å². The SMILES string of the molecule is COC1=CC(=O)N(C(=O)C2CSC(CNC(=O)c3csc(/C=N/O)n3)=N2)C1. The maximum atomic E-state index is 12.5. The number of hydrogen-bond acceptors (Lipinski definition) is 10. The van der Waals surface area contributed by atoms with E-state index in [4.69, 9.17) is 9.94 Å². The van der Waals surface area contributed by atoms with Crippen LogP contribution in [0.1, 0.15) is 15.5 Å². The summed E-state index contributed by atoms with van der Waals surface area (Å²) in [7, 11) is 1.44. The van der Waals surface area contributed by atoms with Crippen LogP contribution in [0, 0.1) is 0 Å². The summed E-state index contributed by atoms with van der Waals surface area (Å²) in [6.07, 6.45) is 2.42. The molecule has 27 heavy (non-hydrogen) atoms. The fourth-order valence-corrected chi connectivity index (χ4v) is 3.97. The Bertz CT molecular complexity index is 863. The summed E-state index contributed by atoms with van der Waals surface area (Å²) in [6, 6.07) is -0.665. The average Bonchev–Trinajstić information content (AvgIpc) is 3.39. The van der Waals surface area contributed by atoms with Gasteiger partial charge in [-0.2, -0.15) is 0 Å². The Hall–Kier alpha value is -2.73. The Labute approximate surface area is 162 Å². The van der Waals surface area contributed by atoms with Gasteiger partial charge in [0.1, 0.15) is 28.7 Å². The van der Waals surface area contributed by atoms with Crippen molar-refractivity contribution < 1.29 is 24.3 Å². The molecule has 3 rings (SSSR count). The number of carbonyl (C=O) groups excluding carboxylic acids is 3. The van der Waals surface area contributed by atoms with Crippen molar-refractivity contribution in [1.82, 2.24) is 15.2 Å². The third-order valence-electron chi connectivity index (χ3n) is 3.71. The fourth-order valence-electron chi connectivity index (χ4n) is 2.38. The van der Waals surface area contributed by atoms with Crippen molar-refractivity contribution >= 4 is 52.1 Å². The molecule has 0 saturated carbocycles. The van der Waals surface area contributed by atoms with Crippen LogP contribution in [0.15, 0.2) is 27.4 Å². The smallest absolute Gasteiger partial charge is 0.271 e. The van der Waals surface area contributed by atoms with Crippen molar-refractivity contribution in [3.05, 3.63) is 27.9 Å². The second kappa shape index (κ2) is 8.31. The number of hydrogen-bond donors (Lipinski definition) is 2. The number of nitrogens with one attached hydrogen (secondary N) is 1. The summed E-state index contributed by atoms with van der Waals surface area (Å²) in [4.78, 5) is 45.8. The molecule has 1 atom stereocenters. The molecule has 1 aromatic heterocycles. The monoisotopic (exact) mass is 409 g/mol. The van der Waals surface area contributed by atoms with E-state index in [1.165, 1.54) is 36.3 Å². The summed E-state index contributed by atoms with van der Waals surface area (Å²) in [5, 5.41) is 16.5. The van der Waals surface area contributed by atoms with Crippen LogP contribution in [-0.2, 0) is 14.3 Å². The van der Waals surface area contributed by atoms with Gasteiger partial charge in [-0.1, -0.05) is 5.16 Å². The second-order valence-corrected chi connectivity index (χ2v) is 7.41. The lowest BCUT2D eigenvalue weighted by molar-refractivity contribution is -0.141. The normalized spacial score (nSPS) is 19.4. The molecule has 2 aliphatic heterocycles.